The zero-order valence-corrected chi connectivity index (χ0v) is 12.0. The summed E-state index contributed by atoms with van der Waals surface area (Å²) in [6.45, 7) is 2.05. The highest BCUT2D eigenvalue weighted by atomic mass is 16.7. The normalized spacial score (nSPS) is 17.8. The smallest absolute Gasteiger partial charge is 0.246 e. The summed E-state index contributed by atoms with van der Waals surface area (Å²) in [4.78, 5) is 13.8. The van der Waals surface area contributed by atoms with Gasteiger partial charge in [0, 0.05) is 19.2 Å². The van der Waals surface area contributed by atoms with Gasteiger partial charge in [0.2, 0.25) is 12.7 Å². The molecule has 0 aliphatic carbocycles. The number of rotatable bonds is 3. The zero-order valence-electron chi connectivity index (χ0n) is 12.0. The predicted octanol–water partition coefficient (Wildman–Crippen LogP) is 3.00. The van der Waals surface area contributed by atoms with Crippen LogP contribution in [0.4, 0.5) is 0 Å². The molecule has 1 aromatic carbocycles. The number of carbonyl (C=O) groups is 1. The maximum Gasteiger partial charge on any atom is 0.246 e. The number of hydrogen-bond acceptors (Lipinski definition) is 3. The number of hydrogen-bond donors (Lipinski definition) is 0. The van der Waals surface area contributed by atoms with E-state index in [9.17, 15) is 4.79 Å². The van der Waals surface area contributed by atoms with Crippen molar-refractivity contribution >= 4 is 12.0 Å². The second-order valence-electron chi connectivity index (χ2n) is 5.22. The van der Waals surface area contributed by atoms with Crippen molar-refractivity contribution in [2.75, 3.05) is 19.9 Å². The molecule has 0 spiro atoms. The molecular weight excluding hydrogens is 266 g/mol. The van der Waals surface area contributed by atoms with E-state index in [2.05, 4.69) is 0 Å². The second-order valence-corrected chi connectivity index (χ2v) is 5.22. The van der Waals surface area contributed by atoms with Crippen LogP contribution in [-0.2, 0) is 4.79 Å². The minimum Gasteiger partial charge on any atom is -0.454 e. The summed E-state index contributed by atoms with van der Waals surface area (Å²) in [5.41, 5.74) is 1.02. The quantitative estimate of drug-likeness (QED) is 0.633. The number of carbonyl (C=O) groups excluding carboxylic acids is 1. The molecule has 0 N–H and O–H groups in total. The van der Waals surface area contributed by atoms with Crippen LogP contribution < -0.4 is 9.47 Å². The average molecular weight is 285 g/mol. The average Bonchev–Trinajstić information content (AvgIpc) is 3.00. The van der Waals surface area contributed by atoms with Gasteiger partial charge >= 0.3 is 0 Å². The summed E-state index contributed by atoms with van der Waals surface area (Å²) in [6.07, 6.45) is 10.7. The lowest BCUT2D eigenvalue weighted by Gasteiger charge is -2.25. The van der Waals surface area contributed by atoms with Crippen LogP contribution in [0.5, 0.6) is 11.5 Å². The molecule has 0 saturated carbocycles. The maximum absolute atomic E-state index is 11.9. The van der Waals surface area contributed by atoms with Crippen LogP contribution >= 0.6 is 0 Å². The molecule has 1 fully saturated rings. The molecule has 0 bridgehead atoms. The van der Waals surface area contributed by atoms with E-state index in [1.165, 1.54) is 6.42 Å². The van der Waals surface area contributed by atoms with Gasteiger partial charge in [-0.15, -0.1) is 0 Å². The van der Waals surface area contributed by atoms with Crippen LogP contribution in [0.1, 0.15) is 24.8 Å². The van der Waals surface area contributed by atoms with Crippen molar-refractivity contribution in [3.63, 3.8) is 0 Å². The Kier molecular flexibility index (Phi) is 4.24. The van der Waals surface area contributed by atoms with Gasteiger partial charge in [-0.25, -0.2) is 0 Å². The molecule has 0 unspecified atom stereocenters. The van der Waals surface area contributed by atoms with E-state index in [0.717, 1.165) is 43.0 Å². The summed E-state index contributed by atoms with van der Waals surface area (Å²) in [6, 6.07) is 5.79. The lowest BCUT2D eigenvalue weighted by atomic mass is 10.1. The van der Waals surface area contributed by atoms with Crippen LogP contribution in [0.2, 0.25) is 0 Å². The highest BCUT2D eigenvalue weighted by Gasteiger charge is 2.13. The summed E-state index contributed by atoms with van der Waals surface area (Å²) in [5.74, 6) is 1.65. The topological polar surface area (TPSA) is 38.8 Å². The molecule has 4 nitrogen and oxygen atoms in total. The summed E-state index contributed by atoms with van der Waals surface area (Å²) < 4.78 is 10.6. The Labute approximate surface area is 124 Å². The van der Waals surface area contributed by atoms with E-state index in [1.54, 1.807) is 12.2 Å². The van der Waals surface area contributed by atoms with Gasteiger partial charge in [-0.3, -0.25) is 4.79 Å². The van der Waals surface area contributed by atoms with Gasteiger partial charge in [0.15, 0.2) is 11.5 Å². The number of fused-ring (bicyclic) bond motifs is 1. The fraction of sp³-hybridized carbons (Fsp3) is 0.353. The third-order valence-electron chi connectivity index (χ3n) is 3.70. The molecule has 2 aliphatic heterocycles. The first-order chi connectivity index (χ1) is 10.3. The minimum atomic E-state index is 0.102. The molecule has 1 aromatic rings. The highest BCUT2D eigenvalue weighted by molar-refractivity contribution is 5.88. The van der Waals surface area contributed by atoms with Gasteiger partial charge in [0.1, 0.15) is 0 Å². The summed E-state index contributed by atoms with van der Waals surface area (Å²) >= 11 is 0. The molecule has 3 rings (SSSR count). The zero-order chi connectivity index (χ0) is 14.5. The van der Waals surface area contributed by atoms with Crippen LogP contribution in [0, 0.1) is 0 Å². The Morgan fingerprint density at radius 1 is 1.05 bits per heavy atom. The summed E-state index contributed by atoms with van der Waals surface area (Å²) in [5, 5.41) is 0. The van der Waals surface area contributed by atoms with E-state index >= 15 is 0 Å². The van der Waals surface area contributed by atoms with Crippen molar-refractivity contribution in [3.8, 4) is 11.5 Å². The number of ether oxygens (including phenoxy) is 2. The lowest BCUT2D eigenvalue weighted by molar-refractivity contribution is -0.126. The monoisotopic (exact) mass is 285 g/mol. The van der Waals surface area contributed by atoms with E-state index in [-0.39, 0.29) is 12.7 Å². The number of benzene rings is 1. The fourth-order valence-corrected chi connectivity index (χ4v) is 2.54. The first-order valence-corrected chi connectivity index (χ1v) is 7.36. The van der Waals surface area contributed by atoms with Gasteiger partial charge in [-0.2, -0.15) is 0 Å². The van der Waals surface area contributed by atoms with E-state index in [0.29, 0.717) is 0 Å². The molecule has 0 aromatic heterocycles. The highest BCUT2D eigenvalue weighted by Crippen LogP contribution is 2.32. The molecule has 21 heavy (non-hydrogen) atoms. The Balaban J connectivity index is 1.56. The van der Waals surface area contributed by atoms with Gasteiger partial charge in [-0.1, -0.05) is 24.3 Å². The Morgan fingerprint density at radius 2 is 1.86 bits per heavy atom. The molecule has 110 valence electrons. The Bertz CT molecular complexity index is 571. The molecule has 1 amide bonds. The van der Waals surface area contributed by atoms with E-state index in [4.69, 9.17) is 9.47 Å². The van der Waals surface area contributed by atoms with Crippen LogP contribution in [-0.4, -0.2) is 30.7 Å². The van der Waals surface area contributed by atoms with Gasteiger partial charge in [-0.05, 0) is 37.0 Å². The Hall–Kier alpha value is -2.23. The van der Waals surface area contributed by atoms with Crippen LogP contribution in [0.15, 0.2) is 36.4 Å². The van der Waals surface area contributed by atoms with Crippen molar-refractivity contribution in [1.29, 1.82) is 0 Å². The van der Waals surface area contributed by atoms with E-state index < -0.39 is 0 Å². The number of amides is 1. The number of nitrogens with zero attached hydrogens (tertiary/aromatic N) is 1. The van der Waals surface area contributed by atoms with Crippen molar-refractivity contribution in [3.05, 3.63) is 42.0 Å². The van der Waals surface area contributed by atoms with Gasteiger partial charge < -0.3 is 14.4 Å². The standard InChI is InChI=1S/C17H19NO3/c19-17(18-10-4-1-5-11-18)7-3-2-6-14-8-9-15-16(12-14)21-13-20-15/h2-3,6-9,12H,1,4-5,10-11,13H2/b6-2?,7-3+. The predicted molar refractivity (Wildman–Crippen MR) is 81.2 cm³/mol. The first-order valence-electron chi connectivity index (χ1n) is 7.36. The molecule has 0 atom stereocenters. The SMILES string of the molecule is O=C(/C=C/C=Cc1ccc2c(c1)OCO2)N1CCCCC1. The molecule has 2 aliphatic rings. The molecule has 4 heteroatoms. The van der Waals surface area contributed by atoms with E-state index in [1.807, 2.05) is 35.3 Å². The lowest BCUT2D eigenvalue weighted by Crippen LogP contribution is -2.34. The van der Waals surface area contributed by atoms with Crippen molar-refractivity contribution < 1.29 is 14.3 Å². The largest absolute Gasteiger partial charge is 0.454 e. The van der Waals surface area contributed by atoms with Crippen LogP contribution in [0.3, 0.4) is 0 Å². The number of allylic oxidation sites excluding steroid dienone is 2. The molecule has 1 saturated heterocycles. The van der Waals surface area contributed by atoms with Gasteiger partial charge in [0.05, 0.1) is 0 Å². The maximum atomic E-state index is 11.9. The van der Waals surface area contributed by atoms with Gasteiger partial charge in [0.25, 0.3) is 0 Å². The fourth-order valence-electron chi connectivity index (χ4n) is 2.54. The number of piperidine rings is 1. The number of likely N-dealkylation sites (tertiary alicyclic amines) is 1. The third-order valence-corrected chi connectivity index (χ3v) is 3.70. The minimum absolute atomic E-state index is 0.102. The van der Waals surface area contributed by atoms with Crippen molar-refractivity contribution in [2.45, 2.75) is 19.3 Å². The molecule has 0 radical (unpaired) electrons. The third kappa shape index (κ3) is 3.45. The summed E-state index contributed by atoms with van der Waals surface area (Å²) in [7, 11) is 0. The van der Waals surface area contributed by atoms with Crippen molar-refractivity contribution in [2.24, 2.45) is 0 Å². The van der Waals surface area contributed by atoms with Crippen LogP contribution in [0.25, 0.3) is 6.08 Å². The second kappa shape index (κ2) is 6.48. The molecule has 2 heterocycles. The van der Waals surface area contributed by atoms with Crippen molar-refractivity contribution in [1.82, 2.24) is 4.90 Å². The Morgan fingerprint density at radius 3 is 2.71 bits per heavy atom. The first kappa shape index (κ1) is 13.7. The molecular formula is C17H19NO3.